The molecule has 2 aromatic heterocycles. The van der Waals surface area contributed by atoms with Gasteiger partial charge in [-0.1, -0.05) is 17.3 Å². The number of likely N-dealkylation sites (tertiary alicyclic amines) is 1. The predicted molar refractivity (Wildman–Crippen MR) is 140 cm³/mol. The van der Waals surface area contributed by atoms with Gasteiger partial charge in [0, 0.05) is 29.5 Å². The number of amides is 1. The molecule has 39 heavy (non-hydrogen) atoms. The highest BCUT2D eigenvalue weighted by atomic mass is 16.5. The number of rotatable bonds is 9. The Morgan fingerprint density at radius 2 is 2.03 bits per heavy atom. The quantitative estimate of drug-likeness (QED) is 0.299. The number of aryl methyl sites for hydroxylation is 1. The van der Waals surface area contributed by atoms with E-state index in [0.29, 0.717) is 36.3 Å². The van der Waals surface area contributed by atoms with Crippen LogP contribution in [0.1, 0.15) is 76.2 Å². The van der Waals surface area contributed by atoms with Gasteiger partial charge in [0.1, 0.15) is 12.8 Å². The van der Waals surface area contributed by atoms with Crippen LogP contribution >= 0.6 is 0 Å². The van der Waals surface area contributed by atoms with Crippen LogP contribution in [-0.4, -0.2) is 61.7 Å². The summed E-state index contributed by atoms with van der Waals surface area (Å²) in [7, 11) is 0. The van der Waals surface area contributed by atoms with Crippen LogP contribution in [0.3, 0.4) is 0 Å². The van der Waals surface area contributed by atoms with Crippen molar-refractivity contribution in [2.75, 3.05) is 19.8 Å². The fraction of sp³-hybridized carbons (Fsp3) is 0.586. The number of allylic oxidation sites excluding steroid dienone is 1. The number of cyclic esters (lactones) is 1. The van der Waals surface area contributed by atoms with Gasteiger partial charge >= 0.3 is 11.8 Å². The van der Waals surface area contributed by atoms with Crippen molar-refractivity contribution >= 4 is 11.9 Å². The van der Waals surface area contributed by atoms with Crippen LogP contribution < -0.4 is 4.68 Å². The first-order chi connectivity index (χ1) is 18.8. The van der Waals surface area contributed by atoms with E-state index in [-0.39, 0.29) is 36.4 Å². The van der Waals surface area contributed by atoms with Crippen molar-refractivity contribution in [2.24, 2.45) is 17.3 Å². The number of aliphatic hydroxyl groups excluding tert-OH is 1. The summed E-state index contributed by atoms with van der Waals surface area (Å²) in [6.45, 7) is 9.32. The van der Waals surface area contributed by atoms with Crippen LogP contribution in [0.5, 0.6) is 0 Å². The second kappa shape index (κ2) is 9.97. The van der Waals surface area contributed by atoms with Gasteiger partial charge < -0.3 is 14.7 Å². The van der Waals surface area contributed by atoms with E-state index < -0.39 is 0 Å². The van der Waals surface area contributed by atoms with Crippen molar-refractivity contribution in [3.05, 3.63) is 53.1 Å². The van der Waals surface area contributed by atoms with Crippen LogP contribution in [0.2, 0.25) is 0 Å². The van der Waals surface area contributed by atoms with Crippen molar-refractivity contribution in [2.45, 2.75) is 71.3 Å². The van der Waals surface area contributed by atoms with Crippen LogP contribution in [0, 0.1) is 17.3 Å². The maximum absolute atomic E-state index is 13.5. The zero-order valence-corrected chi connectivity index (χ0v) is 22.8. The maximum atomic E-state index is 13.5. The number of nitrogens with zero attached hydrogens (tertiary/aromatic N) is 6. The molecule has 5 heterocycles. The average molecular weight is 534 g/mol. The minimum atomic E-state index is -0.341. The van der Waals surface area contributed by atoms with Crippen molar-refractivity contribution in [3.63, 3.8) is 0 Å². The van der Waals surface area contributed by atoms with Gasteiger partial charge in [-0.15, -0.1) is 4.68 Å². The van der Waals surface area contributed by atoms with Crippen molar-refractivity contribution in [1.82, 2.24) is 25.0 Å². The zero-order chi connectivity index (χ0) is 27.3. The standard InChI is InChI=1S/C29H37N6O4/c1-18(22-8-11-29(12-9-22)13-14-33(28(29)38)25-17-39-27(37)19(25)2)21(10-15-36)4-5-23-6-7-26(31-30-23)34-16-24-20(3)35(24)32-34/h6-7,16,20-22,36H,1,4-5,8-15,17H2,2-3H3/q+1. The third kappa shape index (κ3) is 4.58. The molecule has 2 aromatic rings. The Morgan fingerprint density at radius 1 is 1.23 bits per heavy atom. The molecular formula is C29H37N6O4+. The Kier molecular flexibility index (Phi) is 6.61. The Morgan fingerprint density at radius 3 is 2.64 bits per heavy atom. The smallest absolute Gasteiger partial charge is 0.336 e. The number of carbonyl (C=O) groups excluding carboxylic acids is 2. The molecule has 0 radical (unpaired) electrons. The monoisotopic (exact) mass is 533 g/mol. The summed E-state index contributed by atoms with van der Waals surface area (Å²) in [4.78, 5) is 27.1. The van der Waals surface area contributed by atoms with E-state index in [9.17, 15) is 14.7 Å². The van der Waals surface area contributed by atoms with Crippen LogP contribution in [0.4, 0.5) is 0 Å². The van der Waals surface area contributed by atoms with E-state index in [2.05, 4.69) is 28.9 Å². The van der Waals surface area contributed by atoms with Gasteiger partial charge in [-0.05, 0) is 83.1 Å². The molecule has 2 atom stereocenters. The summed E-state index contributed by atoms with van der Waals surface area (Å²) in [5, 5.41) is 23.0. The summed E-state index contributed by atoms with van der Waals surface area (Å²) in [6, 6.07) is 4.34. The highest BCUT2D eigenvalue weighted by Gasteiger charge is 2.50. The minimum Gasteiger partial charge on any atom is -0.456 e. The Balaban J connectivity index is 1.04. The molecule has 2 unspecified atom stereocenters. The fourth-order valence-corrected chi connectivity index (χ4v) is 6.73. The van der Waals surface area contributed by atoms with Crippen molar-refractivity contribution in [1.29, 1.82) is 0 Å². The molecule has 0 bridgehead atoms. The molecule has 1 saturated carbocycles. The van der Waals surface area contributed by atoms with Gasteiger partial charge in [0.25, 0.3) is 0 Å². The lowest BCUT2D eigenvalue weighted by atomic mass is 9.66. The average Bonchev–Trinajstić information content (AvgIpc) is 3.30. The highest BCUT2D eigenvalue weighted by molar-refractivity contribution is 5.94. The third-order valence-corrected chi connectivity index (χ3v) is 9.52. The molecule has 2 fully saturated rings. The number of hydrogen-bond donors (Lipinski definition) is 1. The van der Waals surface area contributed by atoms with E-state index in [0.717, 1.165) is 56.3 Å². The Hall–Kier alpha value is -3.40. The normalized spacial score (nSPS) is 26.8. The largest absolute Gasteiger partial charge is 0.456 e. The highest BCUT2D eigenvalue weighted by Crippen LogP contribution is 2.50. The van der Waals surface area contributed by atoms with Gasteiger partial charge in [0.05, 0.1) is 22.4 Å². The van der Waals surface area contributed by atoms with Crippen LogP contribution in [0.15, 0.2) is 41.8 Å². The van der Waals surface area contributed by atoms with Gasteiger partial charge in [-0.2, -0.15) is 4.68 Å². The number of hydrogen-bond acceptors (Lipinski definition) is 7. The first-order valence-electron chi connectivity index (χ1n) is 14.1. The summed E-state index contributed by atoms with van der Waals surface area (Å²) < 4.78 is 8.86. The number of aromatic nitrogens is 5. The van der Waals surface area contributed by atoms with Gasteiger partial charge in [0.2, 0.25) is 5.91 Å². The molecule has 1 aliphatic carbocycles. The minimum absolute atomic E-state index is 0.119. The lowest BCUT2D eigenvalue weighted by Gasteiger charge is -2.38. The Bertz CT molecular complexity index is 1320. The third-order valence-electron chi connectivity index (χ3n) is 9.52. The fourth-order valence-electron chi connectivity index (χ4n) is 6.73. The van der Waals surface area contributed by atoms with E-state index in [1.165, 1.54) is 11.3 Å². The Labute approximate surface area is 228 Å². The summed E-state index contributed by atoms with van der Waals surface area (Å²) in [5.41, 5.74) is 4.25. The summed E-state index contributed by atoms with van der Waals surface area (Å²) in [5.74, 6) is 1.07. The number of ether oxygens (including phenoxy) is 1. The second-order valence-corrected chi connectivity index (χ2v) is 11.6. The van der Waals surface area contributed by atoms with Gasteiger partial charge in [0.15, 0.2) is 11.7 Å². The molecule has 6 rings (SSSR count). The lowest BCUT2D eigenvalue weighted by Crippen LogP contribution is -2.38. The molecule has 3 aliphatic heterocycles. The molecule has 1 N–H and O–H groups in total. The van der Waals surface area contributed by atoms with Crippen molar-refractivity contribution < 1.29 is 24.1 Å². The number of carbonyl (C=O) groups is 2. The van der Waals surface area contributed by atoms with Gasteiger partial charge in [-0.25, -0.2) is 4.79 Å². The second-order valence-electron chi connectivity index (χ2n) is 11.6. The topological polar surface area (TPSA) is 114 Å². The summed E-state index contributed by atoms with van der Waals surface area (Å²) in [6.07, 6.45) is 8.62. The maximum Gasteiger partial charge on any atom is 0.336 e. The lowest BCUT2D eigenvalue weighted by molar-refractivity contribution is -0.667. The SMILES string of the molecule is C=C(C(CCO)CCc1ccc(-[n+]2cc3n(n2)C3C)nn1)C1CCC2(CC1)CCN(C1=C(C)C(=O)OC1)C2=O. The molecule has 0 aromatic carbocycles. The first kappa shape index (κ1) is 25.9. The molecule has 10 nitrogen and oxygen atoms in total. The van der Waals surface area contributed by atoms with E-state index in [4.69, 9.17) is 4.74 Å². The zero-order valence-electron chi connectivity index (χ0n) is 22.8. The molecule has 4 aliphatic rings. The first-order valence-corrected chi connectivity index (χ1v) is 14.1. The number of esters is 1. The van der Waals surface area contributed by atoms with Crippen LogP contribution in [-0.2, 0) is 20.7 Å². The van der Waals surface area contributed by atoms with E-state index >= 15 is 0 Å². The molecular weight excluding hydrogens is 496 g/mol. The van der Waals surface area contributed by atoms with E-state index in [1.807, 2.05) is 23.0 Å². The number of fused-ring (bicyclic) bond motifs is 1. The molecule has 1 spiro atoms. The molecule has 206 valence electrons. The summed E-state index contributed by atoms with van der Waals surface area (Å²) >= 11 is 0. The van der Waals surface area contributed by atoms with E-state index in [1.54, 1.807) is 16.5 Å². The van der Waals surface area contributed by atoms with Gasteiger partial charge in [-0.3, -0.25) is 4.79 Å². The van der Waals surface area contributed by atoms with Crippen LogP contribution in [0.25, 0.3) is 5.82 Å². The molecule has 1 saturated heterocycles. The predicted octanol–water partition coefficient (Wildman–Crippen LogP) is 2.60. The number of aliphatic hydroxyl groups is 1. The molecule has 10 heteroatoms. The molecule has 1 amide bonds. The van der Waals surface area contributed by atoms with Crippen molar-refractivity contribution in [3.8, 4) is 5.82 Å².